The lowest BCUT2D eigenvalue weighted by atomic mass is 9.77. The maximum Gasteiger partial charge on any atom is 0.360 e. The van der Waals surface area contributed by atoms with Crippen LogP contribution in [0.25, 0.3) is 0 Å². The van der Waals surface area contributed by atoms with Crippen LogP contribution in [0, 0.1) is 0 Å². The van der Waals surface area contributed by atoms with Gasteiger partial charge in [-0.1, -0.05) is 96.2 Å². The van der Waals surface area contributed by atoms with Gasteiger partial charge < -0.3 is 15.3 Å². The molecule has 170 valence electrons. The fraction of sp³-hybridized carbons (Fsp3) is 0.0741. The van der Waals surface area contributed by atoms with Crippen LogP contribution in [0.1, 0.15) is 29.3 Å². The lowest BCUT2D eigenvalue weighted by Gasteiger charge is -2.36. The summed E-state index contributed by atoms with van der Waals surface area (Å²) in [6.45, 7) is 1.75. The minimum absolute atomic E-state index is 0.215. The van der Waals surface area contributed by atoms with Crippen molar-refractivity contribution < 1.29 is 14.7 Å². The summed E-state index contributed by atoms with van der Waals surface area (Å²) in [6, 6.07) is 30.3. The number of aliphatic carboxylic acids is 1. The van der Waals surface area contributed by atoms with Crippen LogP contribution < -0.4 is 5.32 Å². The summed E-state index contributed by atoms with van der Waals surface area (Å²) in [4.78, 5) is 21.3. The van der Waals surface area contributed by atoms with Gasteiger partial charge in [0.15, 0.2) is 5.13 Å². The minimum Gasteiger partial charge on any atom is -0.476 e. The lowest BCUT2D eigenvalue weighted by Crippen LogP contribution is -2.38. The van der Waals surface area contributed by atoms with Crippen LogP contribution in [0.5, 0.6) is 0 Å². The van der Waals surface area contributed by atoms with Crippen LogP contribution in [-0.2, 0) is 15.2 Å². The van der Waals surface area contributed by atoms with Gasteiger partial charge >= 0.3 is 5.97 Å². The minimum atomic E-state index is -1.22. The first-order valence-electron chi connectivity index (χ1n) is 10.6. The molecule has 1 heterocycles. The molecule has 7 heteroatoms. The fourth-order valence-electron chi connectivity index (χ4n) is 3.72. The first-order valence-corrected chi connectivity index (χ1v) is 11.5. The number of rotatable bonds is 9. The largest absolute Gasteiger partial charge is 0.476 e. The first-order chi connectivity index (χ1) is 16.6. The molecule has 4 rings (SSSR count). The number of hydrogen-bond acceptors (Lipinski definition) is 6. The van der Waals surface area contributed by atoms with Crippen molar-refractivity contribution in [3.8, 4) is 0 Å². The number of thiazole rings is 1. The van der Waals surface area contributed by atoms with Crippen molar-refractivity contribution in [1.29, 1.82) is 0 Å². The number of oxime groups is 1. The number of allylic oxidation sites excluding steroid dienone is 1. The van der Waals surface area contributed by atoms with Crippen LogP contribution >= 0.6 is 11.3 Å². The van der Waals surface area contributed by atoms with Crippen LogP contribution in [0.4, 0.5) is 5.13 Å². The highest BCUT2D eigenvalue weighted by molar-refractivity contribution is 7.14. The zero-order chi connectivity index (χ0) is 23.8. The molecule has 0 radical (unpaired) electrons. The molecule has 0 atom stereocenters. The van der Waals surface area contributed by atoms with Gasteiger partial charge in [0.25, 0.3) is 0 Å². The van der Waals surface area contributed by atoms with Gasteiger partial charge in [-0.3, -0.25) is 0 Å². The van der Waals surface area contributed by atoms with E-state index in [1.54, 1.807) is 18.4 Å². The van der Waals surface area contributed by atoms with Gasteiger partial charge in [0.2, 0.25) is 5.71 Å². The van der Waals surface area contributed by atoms with Gasteiger partial charge in [-0.15, -0.1) is 11.3 Å². The molecular weight excluding hydrogens is 446 g/mol. The number of aromatic nitrogens is 1. The predicted molar refractivity (Wildman–Crippen MR) is 135 cm³/mol. The molecule has 3 aromatic carbocycles. The summed E-state index contributed by atoms with van der Waals surface area (Å²) in [5.41, 5.74) is 2.24. The zero-order valence-electron chi connectivity index (χ0n) is 18.5. The molecule has 0 spiro atoms. The SMILES string of the molecule is CC=CON=C(C(=O)O)c1csc(NC(c2ccccc2)(c2ccccc2)c2ccccc2)n1. The average molecular weight is 470 g/mol. The van der Waals surface area contributed by atoms with Gasteiger partial charge in [-0.2, -0.15) is 0 Å². The molecule has 0 fully saturated rings. The number of nitrogens with one attached hydrogen (secondary N) is 1. The number of carboxylic acid groups (broad SMARTS) is 1. The van der Waals surface area contributed by atoms with Crippen molar-refractivity contribution in [3.05, 3.63) is 131 Å². The van der Waals surface area contributed by atoms with E-state index in [-0.39, 0.29) is 11.4 Å². The third-order valence-corrected chi connectivity index (χ3v) is 5.96. The maximum absolute atomic E-state index is 11.8. The van der Waals surface area contributed by atoms with E-state index in [2.05, 4.69) is 51.9 Å². The maximum atomic E-state index is 11.8. The second-order valence-electron chi connectivity index (χ2n) is 7.33. The van der Waals surface area contributed by atoms with Gasteiger partial charge in [-0.25, -0.2) is 9.78 Å². The van der Waals surface area contributed by atoms with Crippen molar-refractivity contribution in [2.45, 2.75) is 12.5 Å². The summed E-state index contributed by atoms with van der Waals surface area (Å²) in [5.74, 6) is -1.22. The molecule has 4 aromatic rings. The summed E-state index contributed by atoms with van der Waals surface area (Å²) in [6.07, 6.45) is 2.92. The van der Waals surface area contributed by atoms with Crippen molar-refractivity contribution in [3.63, 3.8) is 0 Å². The second kappa shape index (κ2) is 10.6. The summed E-state index contributed by atoms with van der Waals surface area (Å²) >= 11 is 1.31. The van der Waals surface area contributed by atoms with Crippen molar-refractivity contribution in [2.75, 3.05) is 5.32 Å². The van der Waals surface area contributed by atoms with E-state index in [1.165, 1.54) is 17.6 Å². The molecule has 2 N–H and O–H groups in total. The van der Waals surface area contributed by atoms with E-state index >= 15 is 0 Å². The Morgan fingerprint density at radius 1 is 0.941 bits per heavy atom. The molecule has 0 bridgehead atoms. The molecule has 0 saturated carbocycles. The summed E-state index contributed by atoms with van der Waals surface area (Å²) < 4.78 is 0. The monoisotopic (exact) mass is 469 g/mol. The summed E-state index contributed by atoms with van der Waals surface area (Å²) in [7, 11) is 0. The van der Waals surface area contributed by atoms with E-state index in [0.717, 1.165) is 16.7 Å². The molecule has 6 nitrogen and oxygen atoms in total. The van der Waals surface area contributed by atoms with Crippen LogP contribution in [0.2, 0.25) is 0 Å². The molecule has 0 unspecified atom stereocenters. The predicted octanol–water partition coefficient (Wildman–Crippen LogP) is 5.89. The Bertz CT molecular complexity index is 1190. The number of carboxylic acids is 1. The van der Waals surface area contributed by atoms with Crippen molar-refractivity contribution >= 4 is 28.1 Å². The highest BCUT2D eigenvalue weighted by Gasteiger charge is 2.37. The van der Waals surface area contributed by atoms with Crippen LogP contribution in [0.15, 0.2) is 114 Å². The molecule has 0 aliphatic rings. The molecule has 0 saturated heterocycles. The van der Waals surface area contributed by atoms with E-state index < -0.39 is 11.5 Å². The Hall–Kier alpha value is -4.23. The van der Waals surface area contributed by atoms with Crippen molar-refractivity contribution in [2.24, 2.45) is 5.16 Å². The Balaban J connectivity index is 1.85. The Morgan fingerprint density at radius 2 is 1.44 bits per heavy atom. The Morgan fingerprint density at radius 3 is 1.88 bits per heavy atom. The third-order valence-electron chi connectivity index (χ3n) is 5.21. The van der Waals surface area contributed by atoms with Gasteiger partial charge in [-0.05, 0) is 29.7 Å². The topological polar surface area (TPSA) is 83.8 Å². The first kappa shape index (κ1) is 22.9. The second-order valence-corrected chi connectivity index (χ2v) is 8.19. The Kier molecular flexibility index (Phi) is 7.15. The van der Waals surface area contributed by atoms with Gasteiger partial charge in [0.05, 0.1) is 0 Å². The molecule has 0 aliphatic carbocycles. The number of benzene rings is 3. The van der Waals surface area contributed by atoms with E-state index in [1.807, 2.05) is 54.6 Å². The highest BCUT2D eigenvalue weighted by atomic mass is 32.1. The standard InChI is InChI=1S/C27H23N3O3S/c1-2-18-33-30-24(25(31)32)23-19-34-26(28-23)29-27(20-12-6-3-7-13-20,21-14-8-4-9-15-21)22-16-10-5-11-17-22/h2-19H,1H3,(H,28,29)(H,31,32). The lowest BCUT2D eigenvalue weighted by molar-refractivity contribution is -0.129. The zero-order valence-corrected chi connectivity index (χ0v) is 19.3. The van der Waals surface area contributed by atoms with E-state index in [9.17, 15) is 9.90 Å². The third kappa shape index (κ3) is 4.74. The van der Waals surface area contributed by atoms with Gasteiger partial charge in [0.1, 0.15) is 17.5 Å². The van der Waals surface area contributed by atoms with Crippen molar-refractivity contribution in [1.82, 2.24) is 4.98 Å². The highest BCUT2D eigenvalue weighted by Crippen LogP contribution is 2.40. The van der Waals surface area contributed by atoms with E-state index in [0.29, 0.717) is 5.13 Å². The van der Waals surface area contributed by atoms with Gasteiger partial charge in [0, 0.05) is 5.38 Å². The number of anilines is 1. The fourth-order valence-corrected chi connectivity index (χ4v) is 4.47. The van der Waals surface area contributed by atoms with E-state index in [4.69, 9.17) is 4.84 Å². The smallest absolute Gasteiger partial charge is 0.360 e. The molecular formula is C27H23N3O3S. The average Bonchev–Trinajstić information content (AvgIpc) is 3.34. The normalized spacial score (nSPS) is 12.0. The number of hydrogen-bond donors (Lipinski definition) is 2. The number of carbonyl (C=O) groups is 1. The quantitative estimate of drug-likeness (QED) is 0.138. The van der Waals surface area contributed by atoms with Crippen LogP contribution in [-0.4, -0.2) is 21.8 Å². The Labute approximate surface area is 201 Å². The molecule has 1 aromatic heterocycles. The summed E-state index contributed by atoms with van der Waals surface area (Å²) in [5, 5.41) is 19.2. The number of nitrogens with zero attached hydrogens (tertiary/aromatic N) is 2. The van der Waals surface area contributed by atoms with Crippen LogP contribution in [0.3, 0.4) is 0 Å². The molecule has 0 aliphatic heterocycles. The molecule has 34 heavy (non-hydrogen) atoms. The molecule has 0 amide bonds.